The minimum atomic E-state index is 0.0375. The average molecular weight is 252 g/mol. The zero-order chi connectivity index (χ0) is 12.5. The fourth-order valence-electron chi connectivity index (χ4n) is 4.73. The highest BCUT2D eigenvalue weighted by Crippen LogP contribution is 2.58. The van der Waals surface area contributed by atoms with E-state index in [0.717, 1.165) is 23.7 Å². The van der Waals surface area contributed by atoms with Crippen LogP contribution in [0.5, 0.6) is 0 Å². The van der Waals surface area contributed by atoms with Gasteiger partial charge in [-0.3, -0.25) is 4.79 Å². The first-order valence-electron chi connectivity index (χ1n) is 7.36. The van der Waals surface area contributed by atoms with Crippen LogP contribution in [0, 0.1) is 23.7 Å². The summed E-state index contributed by atoms with van der Waals surface area (Å²) in [5.74, 6) is 3.56. The van der Waals surface area contributed by atoms with Crippen molar-refractivity contribution in [3.8, 4) is 0 Å². The molecule has 3 aliphatic rings. The molecule has 0 aromatic carbocycles. The van der Waals surface area contributed by atoms with Crippen LogP contribution in [0.3, 0.4) is 0 Å². The Balaban J connectivity index is 1.49. The maximum atomic E-state index is 11.8. The van der Waals surface area contributed by atoms with Gasteiger partial charge in [0.1, 0.15) is 6.61 Å². The van der Waals surface area contributed by atoms with Gasteiger partial charge < -0.3 is 15.8 Å². The molecular weight excluding hydrogens is 228 g/mol. The zero-order valence-electron chi connectivity index (χ0n) is 10.9. The molecule has 3 fully saturated rings. The maximum absolute atomic E-state index is 11.8. The van der Waals surface area contributed by atoms with E-state index >= 15 is 0 Å². The third kappa shape index (κ3) is 2.16. The molecule has 0 aromatic heterocycles. The molecular formula is C14H24N2O2. The Labute approximate surface area is 109 Å². The highest BCUT2D eigenvalue weighted by molar-refractivity contribution is 5.77. The molecule has 5 atom stereocenters. The Morgan fingerprint density at radius 2 is 2.06 bits per heavy atom. The third-order valence-corrected chi connectivity index (χ3v) is 5.27. The fraction of sp³-hybridized carbons (Fsp3) is 0.929. The summed E-state index contributed by atoms with van der Waals surface area (Å²) >= 11 is 0. The van der Waals surface area contributed by atoms with Crippen molar-refractivity contribution in [2.75, 3.05) is 19.8 Å². The third-order valence-electron chi connectivity index (χ3n) is 5.27. The number of nitrogens with one attached hydrogen (secondary N) is 1. The van der Waals surface area contributed by atoms with E-state index in [1.807, 2.05) is 0 Å². The summed E-state index contributed by atoms with van der Waals surface area (Å²) in [7, 11) is 0. The Bertz CT molecular complexity index is 321. The van der Waals surface area contributed by atoms with Crippen LogP contribution in [0.2, 0.25) is 0 Å². The number of rotatable bonds is 5. The van der Waals surface area contributed by atoms with Crippen LogP contribution in [0.15, 0.2) is 0 Å². The van der Waals surface area contributed by atoms with Crippen molar-refractivity contribution in [1.29, 1.82) is 0 Å². The van der Waals surface area contributed by atoms with Crippen LogP contribution in [-0.2, 0) is 9.53 Å². The van der Waals surface area contributed by atoms with E-state index in [1.54, 1.807) is 0 Å². The van der Waals surface area contributed by atoms with Crippen LogP contribution < -0.4 is 11.1 Å². The first kappa shape index (κ1) is 12.4. The molecule has 1 amide bonds. The number of hydrogen-bond acceptors (Lipinski definition) is 3. The highest BCUT2D eigenvalue weighted by atomic mass is 16.5. The molecule has 0 heterocycles. The summed E-state index contributed by atoms with van der Waals surface area (Å²) in [6, 6.07) is 0.420. The molecule has 18 heavy (non-hydrogen) atoms. The number of nitrogens with two attached hydrogens (primary N) is 1. The molecule has 0 aliphatic heterocycles. The molecule has 0 aromatic rings. The van der Waals surface area contributed by atoms with Crippen molar-refractivity contribution in [2.24, 2.45) is 29.4 Å². The van der Waals surface area contributed by atoms with E-state index in [4.69, 9.17) is 10.5 Å². The Kier molecular flexibility index (Phi) is 3.57. The smallest absolute Gasteiger partial charge is 0.246 e. The topological polar surface area (TPSA) is 64.3 Å². The average Bonchev–Trinajstić information content (AvgIpc) is 3.00. The van der Waals surface area contributed by atoms with Gasteiger partial charge in [0.25, 0.3) is 0 Å². The van der Waals surface area contributed by atoms with E-state index < -0.39 is 0 Å². The number of ether oxygens (including phenoxy) is 1. The van der Waals surface area contributed by atoms with Gasteiger partial charge in [-0.05, 0) is 49.4 Å². The number of hydrogen-bond donors (Lipinski definition) is 2. The Morgan fingerprint density at radius 3 is 2.89 bits per heavy atom. The molecule has 2 bridgehead atoms. The van der Waals surface area contributed by atoms with Crippen LogP contribution in [-0.4, -0.2) is 31.7 Å². The van der Waals surface area contributed by atoms with E-state index in [0.29, 0.717) is 19.2 Å². The first-order chi connectivity index (χ1) is 8.79. The molecule has 0 saturated heterocycles. The standard InChI is InChI=1S/C14H24N2O2/c15-4-5-18-8-14(17)16-13-7-9-6-12(13)11-3-1-2-10(9)11/h9-13H,1-8,15H2,(H,16,17). The molecule has 3 N–H and O–H groups in total. The second-order valence-corrected chi connectivity index (χ2v) is 6.17. The van der Waals surface area contributed by atoms with Crippen molar-refractivity contribution >= 4 is 5.91 Å². The summed E-state index contributed by atoms with van der Waals surface area (Å²) in [5, 5.41) is 3.18. The second-order valence-electron chi connectivity index (χ2n) is 6.17. The van der Waals surface area contributed by atoms with Gasteiger partial charge in [-0.15, -0.1) is 0 Å². The van der Waals surface area contributed by atoms with Gasteiger partial charge in [-0.2, -0.15) is 0 Å². The SMILES string of the molecule is NCCOCC(=O)NC1CC2CC1C1CCCC21. The van der Waals surface area contributed by atoms with Gasteiger partial charge in [0.2, 0.25) is 5.91 Å². The number of fused-ring (bicyclic) bond motifs is 5. The summed E-state index contributed by atoms with van der Waals surface area (Å²) in [5.41, 5.74) is 5.33. The van der Waals surface area contributed by atoms with E-state index in [9.17, 15) is 4.79 Å². The van der Waals surface area contributed by atoms with Crippen LogP contribution in [0.4, 0.5) is 0 Å². The van der Waals surface area contributed by atoms with Gasteiger partial charge in [-0.1, -0.05) is 6.42 Å². The van der Waals surface area contributed by atoms with Crippen LogP contribution in [0.1, 0.15) is 32.1 Å². The Hall–Kier alpha value is -0.610. The summed E-state index contributed by atoms with van der Waals surface area (Å²) in [4.78, 5) is 11.8. The zero-order valence-corrected chi connectivity index (χ0v) is 10.9. The molecule has 3 rings (SSSR count). The van der Waals surface area contributed by atoms with E-state index in [-0.39, 0.29) is 12.5 Å². The van der Waals surface area contributed by atoms with Gasteiger partial charge in [0, 0.05) is 12.6 Å². The van der Waals surface area contributed by atoms with Crippen molar-refractivity contribution < 1.29 is 9.53 Å². The van der Waals surface area contributed by atoms with Crippen LogP contribution >= 0.6 is 0 Å². The van der Waals surface area contributed by atoms with Crippen molar-refractivity contribution in [1.82, 2.24) is 5.32 Å². The van der Waals surface area contributed by atoms with E-state index in [1.165, 1.54) is 32.1 Å². The monoisotopic (exact) mass is 252 g/mol. The highest BCUT2D eigenvalue weighted by Gasteiger charge is 2.53. The molecule has 3 aliphatic carbocycles. The fourth-order valence-corrected chi connectivity index (χ4v) is 4.73. The van der Waals surface area contributed by atoms with Crippen molar-refractivity contribution in [3.05, 3.63) is 0 Å². The second kappa shape index (κ2) is 5.17. The minimum Gasteiger partial charge on any atom is -0.370 e. The van der Waals surface area contributed by atoms with Gasteiger partial charge >= 0.3 is 0 Å². The molecule has 4 nitrogen and oxygen atoms in total. The number of carbonyl (C=O) groups is 1. The molecule has 4 heteroatoms. The lowest BCUT2D eigenvalue weighted by Crippen LogP contribution is -2.44. The first-order valence-corrected chi connectivity index (χ1v) is 7.36. The molecule has 102 valence electrons. The number of amides is 1. The largest absolute Gasteiger partial charge is 0.370 e. The molecule has 0 spiro atoms. The molecule has 5 unspecified atom stereocenters. The molecule has 0 radical (unpaired) electrons. The van der Waals surface area contributed by atoms with E-state index in [2.05, 4.69) is 5.32 Å². The lowest BCUT2D eigenvalue weighted by atomic mass is 9.79. The summed E-state index contributed by atoms with van der Waals surface area (Å²) in [6.07, 6.45) is 6.79. The van der Waals surface area contributed by atoms with Gasteiger partial charge in [0.05, 0.1) is 6.61 Å². The predicted octanol–water partition coefficient (Wildman–Crippen LogP) is 0.903. The lowest BCUT2D eigenvalue weighted by Gasteiger charge is -2.32. The minimum absolute atomic E-state index is 0.0375. The van der Waals surface area contributed by atoms with Crippen LogP contribution in [0.25, 0.3) is 0 Å². The maximum Gasteiger partial charge on any atom is 0.246 e. The summed E-state index contributed by atoms with van der Waals surface area (Å²) < 4.78 is 5.18. The van der Waals surface area contributed by atoms with Crippen molar-refractivity contribution in [3.63, 3.8) is 0 Å². The normalized spacial score (nSPS) is 41.1. The predicted molar refractivity (Wildman–Crippen MR) is 68.8 cm³/mol. The quantitative estimate of drug-likeness (QED) is 0.715. The molecule has 3 saturated carbocycles. The number of carbonyl (C=O) groups excluding carboxylic acids is 1. The lowest BCUT2D eigenvalue weighted by molar-refractivity contribution is -0.126. The Morgan fingerprint density at radius 1 is 1.22 bits per heavy atom. The summed E-state index contributed by atoms with van der Waals surface area (Å²) in [6.45, 7) is 1.11. The van der Waals surface area contributed by atoms with Gasteiger partial charge in [-0.25, -0.2) is 0 Å². The van der Waals surface area contributed by atoms with Crippen molar-refractivity contribution in [2.45, 2.75) is 38.1 Å². The van der Waals surface area contributed by atoms with Gasteiger partial charge in [0.15, 0.2) is 0 Å².